The lowest BCUT2D eigenvalue weighted by molar-refractivity contribution is -0.475. The van der Waals surface area contributed by atoms with Crippen LogP contribution in [0.15, 0.2) is 0 Å². The first kappa shape index (κ1) is 13.2. The third kappa shape index (κ3) is 4.09. The van der Waals surface area contributed by atoms with Crippen molar-refractivity contribution in [2.24, 2.45) is 0 Å². The van der Waals surface area contributed by atoms with Gasteiger partial charge in [0.05, 0.1) is 42.3 Å². The monoisotopic (exact) mass is 179 g/mol. The molecule has 0 aromatic heterocycles. The van der Waals surface area contributed by atoms with Gasteiger partial charge in [-0.15, -0.1) is 0 Å². The van der Waals surface area contributed by atoms with Gasteiger partial charge in [-0.2, -0.15) is 0 Å². The molecule has 0 heterocycles. The fourth-order valence-electron chi connectivity index (χ4n) is 1.20. The van der Waals surface area contributed by atoms with E-state index < -0.39 is 0 Å². The van der Waals surface area contributed by atoms with Gasteiger partial charge in [-0.1, -0.05) is 0 Å². The first-order valence-corrected chi connectivity index (χ1v) is 3.35. The number of guanidine groups is 1. The summed E-state index contributed by atoms with van der Waals surface area (Å²) in [7, 11) is 12.2. The van der Waals surface area contributed by atoms with Gasteiger partial charge in [0.25, 0.3) is 0 Å². The Balaban J connectivity index is 0. The quantitative estimate of drug-likeness (QED) is 0.220. The average molecular weight is 180 g/mol. The second-order valence-electron chi connectivity index (χ2n) is 2.98. The minimum absolute atomic E-state index is 0. The summed E-state index contributed by atoms with van der Waals surface area (Å²) in [5.41, 5.74) is 0. The number of nitrogens with zero attached hydrogens (tertiary/aromatic N) is 3. The van der Waals surface area contributed by atoms with Crippen LogP contribution >= 0.6 is 0 Å². The van der Waals surface area contributed by atoms with Crippen molar-refractivity contribution in [1.29, 1.82) is 0 Å². The summed E-state index contributed by atoms with van der Waals surface area (Å²) in [6, 6.07) is 0. The highest BCUT2D eigenvalue weighted by Crippen LogP contribution is 1.84. The highest BCUT2D eigenvalue weighted by atomic mass is 35.5. The summed E-state index contributed by atoms with van der Waals surface area (Å²) in [5.74, 6) is 1.19. The zero-order chi connectivity index (χ0) is 8.31. The smallest absolute Gasteiger partial charge is 0.349 e. The molecule has 0 aliphatic rings. The molecule has 0 rings (SSSR count). The van der Waals surface area contributed by atoms with Gasteiger partial charge in [0, 0.05) is 0 Å². The third-order valence-corrected chi connectivity index (χ3v) is 1.20. The van der Waals surface area contributed by atoms with Gasteiger partial charge in [-0.3, -0.25) is 14.4 Å². The van der Waals surface area contributed by atoms with E-state index in [0.29, 0.717) is 0 Å². The molecule has 0 aliphatic carbocycles. The molecule has 0 N–H and O–H groups in total. The molecule has 0 amide bonds. The van der Waals surface area contributed by atoms with E-state index in [1.165, 1.54) is 5.96 Å². The van der Waals surface area contributed by atoms with E-state index in [9.17, 15) is 0 Å². The minimum Gasteiger partial charge on any atom is -1.00 e. The molecule has 0 bridgehead atoms. The highest BCUT2D eigenvalue weighted by Gasteiger charge is 2.12. The lowest BCUT2D eigenvalue weighted by Crippen LogP contribution is -3.00. The molecular formula is C7H18ClN3. The van der Waals surface area contributed by atoms with Crippen LogP contribution in [0.25, 0.3) is 0 Å². The van der Waals surface area contributed by atoms with E-state index in [2.05, 4.69) is 14.4 Å². The van der Waals surface area contributed by atoms with Crippen molar-refractivity contribution in [2.45, 2.75) is 0 Å². The molecule has 0 unspecified atom stereocenters. The van der Waals surface area contributed by atoms with Crippen LogP contribution in [0.3, 0.4) is 0 Å². The van der Waals surface area contributed by atoms with E-state index in [1.54, 1.807) is 0 Å². The second-order valence-corrected chi connectivity index (χ2v) is 2.98. The molecule has 0 fully saturated rings. The van der Waals surface area contributed by atoms with Crippen molar-refractivity contribution in [2.75, 3.05) is 42.3 Å². The van der Waals surface area contributed by atoms with Gasteiger partial charge in [0.15, 0.2) is 0 Å². The van der Waals surface area contributed by atoms with Crippen LogP contribution in [0.5, 0.6) is 0 Å². The molecule has 0 aromatic rings. The number of rotatable bonds is 0. The van der Waals surface area contributed by atoms with E-state index in [0.717, 1.165) is 0 Å². The molecule has 4 heteroatoms. The van der Waals surface area contributed by atoms with Crippen molar-refractivity contribution in [1.82, 2.24) is 9.80 Å². The maximum atomic E-state index is 2.08. The second kappa shape index (κ2) is 5.24. The number of hydrogen-bond donors (Lipinski definition) is 0. The lowest BCUT2D eigenvalue weighted by atomic mass is 10.7. The standard InChI is InChI=1S/C7H18N3.ClH/c1-8(2)7(9(3)4)10(5)6;/h1-6H3;1H/q+1;/p-1. The predicted octanol–water partition coefficient (Wildman–Crippen LogP) is -3.26. The Labute approximate surface area is 75.7 Å². The molecule has 0 atom stereocenters. The van der Waals surface area contributed by atoms with Gasteiger partial charge >= 0.3 is 5.96 Å². The maximum Gasteiger partial charge on any atom is 0.349 e. The molecule has 11 heavy (non-hydrogen) atoms. The first-order valence-electron chi connectivity index (χ1n) is 3.35. The van der Waals surface area contributed by atoms with Crippen molar-refractivity contribution in [3.8, 4) is 0 Å². The summed E-state index contributed by atoms with van der Waals surface area (Å²) < 4.78 is 2.08. The van der Waals surface area contributed by atoms with Crippen LogP contribution in [-0.4, -0.2) is 62.6 Å². The molecule has 0 spiro atoms. The average Bonchev–Trinajstić information content (AvgIpc) is 1.59. The molecular weight excluding hydrogens is 162 g/mol. The summed E-state index contributed by atoms with van der Waals surface area (Å²) in [6.45, 7) is 0. The van der Waals surface area contributed by atoms with Crippen molar-refractivity contribution >= 4 is 5.96 Å². The van der Waals surface area contributed by atoms with Gasteiger partial charge < -0.3 is 12.4 Å². The summed E-state index contributed by atoms with van der Waals surface area (Å²) in [6.07, 6.45) is 0. The van der Waals surface area contributed by atoms with Crippen molar-refractivity contribution in [3.63, 3.8) is 0 Å². The minimum atomic E-state index is 0. The van der Waals surface area contributed by atoms with Crippen LogP contribution in [-0.2, 0) is 0 Å². The van der Waals surface area contributed by atoms with Gasteiger partial charge in [0.1, 0.15) is 0 Å². The third-order valence-electron chi connectivity index (χ3n) is 1.20. The first-order chi connectivity index (χ1) is 4.46. The van der Waals surface area contributed by atoms with Crippen LogP contribution in [0.4, 0.5) is 0 Å². The van der Waals surface area contributed by atoms with E-state index in [1.807, 2.05) is 42.3 Å². The van der Waals surface area contributed by atoms with Crippen LogP contribution in [0.2, 0.25) is 0 Å². The molecule has 3 nitrogen and oxygen atoms in total. The van der Waals surface area contributed by atoms with Crippen molar-refractivity contribution < 1.29 is 17.0 Å². The number of halogens is 1. The predicted molar refractivity (Wildman–Crippen MR) is 44.5 cm³/mol. The molecule has 0 aliphatic heterocycles. The van der Waals surface area contributed by atoms with E-state index in [4.69, 9.17) is 0 Å². The van der Waals surface area contributed by atoms with Gasteiger partial charge in [-0.25, -0.2) is 0 Å². The van der Waals surface area contributed by atoms with E-state index in [-0.39, 0.29) is 12.4 Å². The Kier molecular flexibility index (Phi) is 6.28. The summed E-state index contributed by atoms with van der Waals surface area (Å²) >= 11 is 0. The molecule has 0 saturated carbocycles. The normalized spacial score (nSPS) is 8.18. The topological polar surface area (TPSA) is 9.49 Å². The number of hydrogen-bond acceptors (Lipinski definition) is 0. The molecule has 0 radical (unpaired) electrons. The highest BCUT2D eigenvalue weighted by molar-refractivity contribution is 5.73. The fraction of sp³-hybridized carbons (Fsp3) is 0.857. The Hall–Kier alpha value is -0.440. The van der Waals surface area contributed by atoms with Crippen LogP contribution in [0.1, 0.15) is 0 Å². The Morgan fingerprint density at radius 3 is 1.18 bits per heavy atom. The van der Waals surface area contributed by atoms with Crippen LogP contribution < -0.4 is 12.4 Å². The summed E-state index contributed by atoms with van der Waals surface area (Å²) in [5, 5.41) is 0. The Bertz CT molecular complexity index is 127. The van der Waals surface area contributed by atoms with Crippen molar-refractivity contribution in [3.05, 3.63) is 0 Å². The molecule has 68 valence electrons. The molecule has 0 saturated heterocycles. The fourth-order valence-corrected chi connectivity index (χ4v) is 1.20. The Morgan fingerprint density at radius 1 is 0.909 bits per heavy atom. The van der Waals surface area contributed by atoms with Gasteiger partial charge in [0.2, 0.25) is 0 Å². The largest absolute Gasteiger partial charge is 1.00 e. The zero-order valence-corrected chi connectivity index (χ0v) is 8.98. The van der Waals surface area contributed by atoms with E-state index >= 15 is 0 Å². The van der Waals surface area contributed by atoms with Crippen LogP contribution in [0, 0.1) is 0 Å². The molecule has 0 aromatic carbocycles. The SMILES string of the molecule is CN(C)C(N(C)C)=[N+](C)C.[Cl-]. The summed E-state index contributed by atoms with van der Waals surface area (Å²) in [4.78, 5) is 4.17. The maximum absolute atomic E-state index is 2.08. The lowest BCUT2D eigenvalue weighted by Gasteiger charge is -2.16. The van der Waals surface area contributed by atoms with Gasteiger partial charge in [-0.05, 0) is 0 Å². The Morgan fingerprint density at radius 2 is 1.18 bits per heavy atom. The zero-order valence-electron chi connectivity index (χ0n) is 8.22.